The van der Waals surface area contributed by atoms with Crippen molar-refractivity contribution >= 4 is 21.6 Å². The van der Waals surface area contributed by atoms with E-state index in [4.69, 9.17) is 9.88 Å². The van der Waals surface area contributed by atoms with E-state index in [2.05, 4.69) is 5.32 Å². The summed E-state index contributed by atoms with van der Waals surface area (Å²) in [6.45, 7) is 3.54. The molecule has 0 saturated carbocycles. The van der Waals surface area contributed by atoms with Crippen LogP contribution in [-0.4, -0.2) is 20.4 Å². The number of anilines is 1. The maximum absolute atomic E-state index is 12.1. The molecule has 2 aromatic rings. The first-order chi connectivity index (χ1) is 10.8. The van der Waals surface area contributed by atoms with Crippen LogP contribution in [0.4, 0.5) is 5.69 Å². The average Bonchev–Trinajstić information content (AvgIpc) is 2.46. The Morgan fingerprint density at radius 1 is 1.17 bits per heavy atom. The van der Waals surface area contributed by atoms with Crippen LogP contribution in [0, 0.1) is 6.92 Å². The number of sulfonamides is 1. The van der Waals surface area contributed by atoms with Crippen LogP contribution in [0.1, 0.15) is 12.5 Å². The quantitative estimate of drug-likeness (QED) is 0.874. The zero-order chi connectivity index (χ0) is 17.0. The van der Waals surface area contributed by atoms with Gasteiger partial charge in [0.2, 0.25) is 10.0 Å². The SMILES string of the molecule is Cc1cccc(O[C@@H](C)C(=O)Nc2cccc(S(N)(=O)=O)c2)c1. The van der Waals surface area contributed by atoms with Crippen molar-refractivity contribution in [1.29, 1.82) is 0 Å². The van der Waals surface area contributed by atoms with E-state index in [1.54, 1.807) is 19.1 Å². The molecule has 7 heteroatoms. The summed E-state index contributed by atoms with van der Waals surface area (Å²) in [7, 11) is -3.82. The van der Waals surface area contributed by atoms with E-state index >= 15 is 0 Å². The van der Waals surface area contributed by atoms with Crippen molar-refractivity contribution in [1.82, 2.24) is 0 Å². The molecule has 0 heterocycles. The van der Waals surface area contributed by atoms with Crippen LogP contribution in [0.3, 0.4) is 0 Å². The molecule has 0 spiro atoms. The molecule has 0 aliphatic heterocycles. The fourth-order valence-electron chi connectivity index (χ4n) is 1.94. The van der Waals surface area contributed by atoms with Gasteiger partial charge in [-0.2, -0.15) is 0 Å². The molecule has 3 N–H and O–H groups in total. The van der Waals surface area contributed by atoms with Crippen LogP contribution in [0.15, 0.2) is 53.4 Å². The third-order valence-electron chi connectivity index (χ3n) is 3.10. The molecule has 0 aliphatic rings. The van der Waals surface area contributed by atoms with Gasteiger partial charge in [0, 0.05) is 5.69 Å². The number of ether oxygens (including phenoxy) is 1. The number of primary sulfonamides is 1. The number of rotatable bonds is 5. The number of aryl methyl sites for hydroxylation is 1. The first-order valence-corrected chi connectivity index (χ1v) is 8.47. The van der Waals surface area contributed by atoms with Crippen molar-refractivity contribution in [2.75, 3.05) is 5.32 Å². The monoisotopic (exact) mass is 334 g/mol. The van der Waals surface area contributed by atoms with Gasteiger partial charge in [-0.05, 0) is 49.7 Å². The van der Waals surface area contributed by atoms with Gasteiger partial charge in [-0.15, -0.1) is 0 Å². The fourth-order valence-corrected chi connectivity index (χ4v) is 2.50. The van der Waals surface area contributed by atoms with Crippen molar-refractivity contribution in [3.63, 3.8) is 0 Å². The molecule has 0 bridgehead atoms. The minimum absolute atomic E-state index is 0.0671. The maximum atomic E-state index is 12.1. The minimum Gasteiger partial charge on any atom is -0.481 e. The smallest absolute Gasteiger partial charge is 0.265 e. The Bertz CT molecular complexity index is 818. The van der Waals surface area contributed by atoms with Crippen molar-refractivity contribution in [3.05, 3.63) is 54.1 Å². The number of hydrogen-bond donors (Lipinski definition) is 2. The second-order valence-corrected chi connectivity index (χ2v) is 6.70. The number of hydrogen-bond acceptors (Lipinski definition) is 4. The van der Waals surface area contributed by atoms with Crippen molar-refractivity contribution in [2.24, 2.45) is 5.14 Å². The Morgan fingerprint density at radius 2 is 1.87 bits per heavy atom. The summed E-state index contributed by atoms with van der Waals surface area (Å²) in [5.41, 5.74) is 1.36. The number of benzene rings is 2. The largest absolute Gasteiger partial charge is 0.481 e. The third kappa shape index (κ3) is 4.80. The Kier molecular flexibility index (Phi) is 5.02. The summed E-state index contributed by atoms with van der Waals surface area (Å²) in [4.78, 5) is 12.1. The molecule has 6 nitrogen and oxygen atoms in total. The molecule has 0 radical (unpaired) electrons. The van der Waals surface area contributed by atoms with E-state index < -0.39 is 22.0 Å². The first-order valence-electron chi connectivity index (χ1n) is 6.93. The van der Waals surface area contributed by atoms with Crippen LogP contribution in [0.2, 0.25) is 0 Å². The lowest BCUT2D eigenvalue weighted by atomic mass is 10.2. The van der Waals surface area contributed by atoms with E-state index in [9.17, 15) is 13.2 Å². The van der Waals surface area contributed by atoms with Gasteiger partial charge in [0.05, 0.1) is 4.90 Å². The Hall–Kier alpha value is -2.38. The van der Waals surface area contributed by atoms with Gasteiger partial charge >= 0.3 is 0 Å². The summed E-state index contributed by atoms with van der Waals surface area (Å²) in [5, 5.41) is 7.67. The van der Waals surface area contributed by atoms with Crippen LogP contribution in [-0.2, 0) is 14.8 Å². The highest BCUT2D eigenvalue weighted by atomic mass is 32.2. The number of nitrogens with two attached hydrogens (primary N) is 1. The number of carbonyl (C=O) groups excluding carboxylic acids is 1. The Morgan fingerprint density at radius 3 is 2.52 bits per heavy atom. The van der Waals surface area contributed by atoms with E-state index in [1.807, 2.05) is 25.1 Å². The molecular weight excluding hydrogens is 316 g/mol. The lowest BCUT2D eigenvalue weighted by Gasteiger charge is -2.15. The van der Waals surface area contributed by atoms with Gasteiger partial charge in [0.15, 0.2) is 6.10 Å². The van der Waals surface area contributed by atoms with E-state index in [0.717, 1.165) is 5.56 Å². The molecule has 122 valence electrons. The Balaban J connectivity index is 2.07. The molecule has 0 aromatic heterocycles. The van der Waals surface area contributed by atoms with Crippen LogP contribution < -0.4 is 15.2 Å². The van der Waals surface area contributed by atoms with Crippen molar-refractivity contribution in [2.45, 2.75) is 24.8 Å². The highest BCUT2D eigenvalue weighted by molar-refractivity contribution is 7.89. The van der Waals surface area contributed by atoms with Gasteiger partial charge in [0.1, 0.15) is 5.75 Å². The molecule has 0 fully saturated rings. The van der Waals surface area contributed by atoms with Gasteiger partial charge in [0.25, 0.3) is 5.91 Å². The molecular formula is C16H18N2O4S. The van der Waals surface area contributed by atoms with E-state index in [-0.39, 0.29) is 4.90 Å². The van der Waals surface area contributed by atoms with E-state index in [0.29, 0.717) is 11.4 Å². The van der Waals surface area contributed by atoms with Crippen molar-refractivity contribution in [3.8, 4) is 5.75 Å². The summed E-state index contributed by atoms with van der Waals surface area (Å²) < 4.78 is 28.2. The van der Waals surface area contributed by atoms with Gasteiger partial charge in [-0.25, -0.2) is 13.6 Å². The first kappa shape index (κ1) is 17.0. The second kappa shape index (κ2) is 6.80. The van der Waals surface area contributed by atoms with Crippen LogP contribution in [0.25, 0.3) is 0 Å². The highest BCUT2D eigenvalue weighted by Crippen LogP contribution is 2.17. The number of carbonyl (C=O) groups is 1. The third-order valence-corrected chi connectivity index (χ3v) is 4.01. The zero-order valence-corrected chi connectivity index (χ0v) is 13.6. The van der Waals surface area contributed by atoms with Crippen LogP contribution in [0.5, 0.6) is 5.75 Å². The molecule has 2 aromatic carbocycles. The number of amides is 1. The standard InChI is InChI=1S/C16H18N2O4S/c1-11-5-3-7-14(9-11)22-12(2)16(19)18-13-6-4-8-15(10-13)23(17,20)21/h3-10,12H,1-2H3,(H,18,19)(H2,17,20,21)/t12-/m0/s1. The summed E-state index contributed by atoms with van der Waals surface area (Å²) >= 11 is 0. The molecule has 23 heavy (non-hydrogen) atoms. The molecule has 1 amide bonds. The highest BCUT2D eigenvalue weighted by Gasteiger charge is 2.16. The number of nitrogens with one attached hydrogen (secondary N) is 1. The van der Waals surface area contributed by atoms with E-state index in [1.165, 1.54) is 18.2 Å². The second-order valence-electron chi connectivity index (χ2n) is 5.14. The molecule has 0 saturated heterocycles. The summed E-state index contributed by atoms with van der Waals surface area (Å²) in [5.74, 6) is 0.198. The minimum atomic E-state index is -3.82. The molecule has 2 rings (SSSR count). The topological polar surface area (TPSA) is 98.5 Å². The Labute approximate surface area is 135 Å². The summed E-state index contributed by atoms with van der Waals surface area (Å²) in [6, 6.07) is 13.1. The predicted octanol–water partition coefficient (Wildman–Crippen LogP) is 2.05. The molecule has 0 aliphatic carbocycles. The molecule has 0 unspecified atom stereocenters. The molecule has 1 atom stereocenters. The van der Waals surface area contributed by atoms with Gasteiger partial charge in [-0.1, -0.05) is 18.2 Å². The van der Waals surface area contributed by atoms with Gasteiger partial charge < -0.3 is 10.1 Å². The lowest BCUT2D eigenvalue weighted by Crippen LogP contribution is -2.30. The van der Waals surface area contributed by atoms with Gasteiger partial charge in [-0.3, -0.25) is 4.79 Å². The van der Waals surface area contributed by atoms with Crippen molar-refractivity contribution < 1.29 is 17.9 Å². The predicted molar refractivity (Wildman–Crippen MR) is 87.7 cm³/mol. The maximum Gasteiger partial charge on any atom is 0.265 e. The normalized spacial score (nSPS) is 12.5. The lowest BCUT2D eigenvalue weighted by molar-refractivity contribution is -0.122. The fraction of sp³-hybridized carbons (Fsp3) is 0.188. The summed E-state index contributed by atoms with van der Waals surface area (Å²) in [6.07, 6.45) is -0.741. The average molecular weight is 334 g/mol. The zero-order valence-electron chi connectivity index (χ0n) is 12.8. The van der Waals surface area contributed by atoms with Crippen LogP contribution >= 0.6 is 0 Å².